The van der Waals surface area contributed by atoms with Crippen LogP contribution in [0.5, 0.6) is 5.75 Å². The van der Waals surface area contributed by atoms with E-state index in [1.165, 1.54) is 0 Å². The first-order valence-electron chi connectivity index (χ1n) is 5.98. The molecule has 2 aromatic heterocycles. The quantitative estimate of drug-likeness (QED) is 0.704. The van der Waals surface area contributed by atoms with Gasteiger partial charge in [-0.25, -0.2) is 15.0 Å². The lowest BCUT2D eigenvalue weighted by atomic mass is 10.1. The molecule has 1 aromatic carbocycles. The molecule has 19 heavy (non-hydrogen) atoms. The third-order valence-corrected chi connectivity index (χ3v) is 3.12. The Kier molecular flexibility index (Phi) is 2.67. The Morgan fingerprint density at radius 2 is 2.05 bits per heavy atom. The van der Waals surface area contributed by atoms with Crippen molar-refractivity contribution in [2.45, 2.75) is 6.92 Å². The summed E-state index contributed by atoms with van der Waals surface area (Å²) in [5.41, 5.74) is 3.65. The van der Waals surface area contributed by atoms with Crippen LogP contribution in [-0.2, 0) is 7.05 Å². The molecule has 0 amide bonds. The van der Waals surface area contributed by atoms with E-state index in [-0.39, 0.29) is 0 Å². The molecule has 0 saturated heterocycles. The largest absolute Gasteiger partial charge is 0.496 e. The first-order valence-corrected chi connectivity index (χ1v) is 5.98. The van der Waals surface area contributed by atoms with Crippen molar-refractivity contribution in [3.63, 3.8) is 0 Å². The third kappa shape index (κ3) is 1.93. The highest BCUT2D eigenvalue weighted by Gasteiger charge is 2.08. The van der Waals surface area contributed by atoms with Crippen LogP contribution in [0.4, 0.5) is 0 Å². The number of aromatic nitrogens is 4. The zero-order valence-corrected chi connectivity index (χ0v) is 11.1. The fourth-order valence-corrected chi connectivity index (χ4v) is 2.02. The van der Waals surface area contributed by atoms with E-state index in [9.17, 15) is 0 Å². The Morgan fingerprint density at radius 3 is 2.84 bits per heavy atom. The highest BCUT2D eigenvalue weighted by molar-refractivity contribution is 5.73. The molecule has 3 aromatic rings. The van der Waals surface area contributed by atoms with Gasteiger partial charge in [0.1, 0.15) is 11.3 Å². The Hall–Kier alpha value is -2.43. The van der Waals surface area contributed by atoms with E-state index in [1.54, 1.807) is 19.6 Å². The Morgan fingerprint density at radius 1 is 1.21 bits per heavy atom. The maximum Gasteiger partial charge on any atom is 0.163 e. The van der Waals surface area contributed by atoms with Crippen molar-refractivity contribution in [2.75, 3.05) is 7.11 Å². The molecule has 0 fully saturated rings. The second-order valence-electron chi connectivity index (χ2n) is 4.44. The van der Waals surface area contributed by atoms with Crippen LogP contribution in [0.3, 0.4) is 0 Å². The van der Waals surface area contributed by atoms with Gasteiger partial charge in [0.25, 0.3) is 0 Å². The summed E-state index contributed by atoms with van der Waals surface area (Å²) in [6, 6.07) is 5.95. The maximum absolute atomic E-state index is 5.33. The number of rotatable bonds is 2. The molecule has 0 spiro atoms. The Bertz CT molecular complexity index is 748. The summed E-state index contributed by atoms with van der Waals surface area (Å²) in [7, 11) is 3.58. The minimum atomic E-state index is 0.675. The maximum atomic E-state index is 5.33. The number of ether oxygens (including phenoxy) is 1. The van der Waals surface area contributed by atoms with Crippen molar-refractivity contribution >= 4 is 11.2 Å². The lowest BCUT2D eigenvalue weighted by molar-refractivity contribution is 0.412. The summed E-state index contributed by atoms with van der Waals surface area (Å²) in [6.45, 7) is 2.01. The van der Waals surface area contributed by atoms with E-state index in [1.807, 2.05) is 36.7 Å². The number of benzene rings is 1. The van der Waals surface area contributed by atoms with E-state index >= 15 is 0 Å². The smallest absolute Gasteiger partial charge is 0.163 e. The van der Waals surface area contributed by atoms with E-state index in [4.69, 9.17) is 4.74 Å². The first kappa shape index (κ1) is 11.6. The van der Waals surface area contributed by atoms with Crippen LogP contribution >= 0.6 is 0 Å². The van der Waals surface area contributed by atoms with Crippen molar-refractivity contribution in [3.05, 3.63) is 36.3 Å². The van der Waals surface area contributed by atoms with Gasteiger partial charge in [0.15, 0.2) is 11.5 Å². The third-order valence-electron chi connectivity index (χ3n) is 3.12. The van der Waals surface area contributed by atoms with Crippen LogP contribution in [0.25, 0.3) is 22.6 Å². The zero-order chi connectivity index (χ0) is 13.4. The molecule has 0 N–H and O–H groups in total. The number of hydrogen-bond donors (Lipinski definition) is 0. The number of aryl methyl sites for hydroxylation is 2. The van der Waals surface area contributed by atoms with Crippen molar-refractivity contribution in [3.8, 4) is 17.1 Å². The van der Waals surface area contributed by atoms with Crippen LogP contribution in [0.15, 0.2) is 30.7 Å². The fraction of sp³-hybridized carbons (Fsp3) is 0.214. The van der Waals surface area contributed by atoms with Gasteiger partial charge >= 0.3 is 0 Å². The molecule has 0 bridgehead atoms. The molecule has 5 heteroatoms. The van der Waals surface area contributed by atoms with Crippen molar-refractivity contribution < 1.29 is 4.74 Å². The number of nitrogens with zero attached hydrogens (tertiary/aromatic N) is 4. The van der Waals surface area contributed by atoms with Crippen molar-refractivity contribution in [1.82, 2.24) is 19.5 Å². The summed E-state index contributed by atoms with van der Waals surface area (Å²) >= 11 is 0. The average Bonchev–Trinajstić information content (AvgIpc) is 2.80. The molecular formula is C14H14N4O. The second kappa shape index (κ2) is 4.35. The molecule has 3 rings (SSSR count). The van der Waals surface area contributed by atoms with Gasteiger partial charge in [-0.2, -0.15) is 0 Å². The molecule has 0 unspecified atom stereocenters. The summed E-state index contributed by atoms with van der Waals surface area (Å²) in [4.78, 5) is 13.1. The van der Waals surface area contributed by atoms with Crippen molar-refractivity contribution in [1.29, 1.82) is 0 Å². The SMILES string of the molecule is COc1cc(-c2ncc3ncn(C)c3n2)ccc1C. The molecule has 0 aliphatic carbocycles. The van der Waals surface area contributed by atoms with Gasteiger partial charge in [0, 0.05) is 12.6 Å². The Balaban J connectivity index is 2.15. The highest BCUT2D eigenvalue weighted by Crippen LogP contribution is 2.25. The number of methoxy groups -OCH3 is 1. The predicted molar refractivity (Wildman–Crippen MR) is 73.0 cm³/mol. The van der Waals surface area contributed by atoms with Crippen LogP contribution < -0.4 is 4.74 Å². The van der Waals surface area contributed by atoms with E-state index < -0.39 is 0 Å². The molecular weight excluding hydrogens is 240 g/mol. The molecule has 0 aliphatic rings. The average molecular weight is 254 g/mol. The van der Waals surface area contributed by atoms with E-state index in [0.717, 1.165) is 28.0 Å². The second-order valence-corrected chi connectivity index (χ2v) is 4.44. The Labute approximate surface area is 110 Å². The molecule has 0 saturated carbocycles. The van der Waals surface area contributed by atoms with Gasteiger partial charge in [-0.3, -0.25) is 0 Å². The van der Waals surface area contributed by atoms with Gasteiger partial charge in [-0.15, -0.1) is 0 Å². The lowest BCUT2D eigenvalue weighted by Gasteiger charge is -2.07. The minimum absolute atomic E-state index is 0.675. The molecule has 0 radical (unpaired) electrons. The van der Waals surface area contributed by atoms with Gasteiger partial charge in [-0.05, 0) is 18.6 Å². The van der Waals surface area contributed by atoms with Crippen LogP contribution in [0.2, 0.25) is 0 Å². The van der Waals surface area contributed by atoms with Crippen LogP contribution in [-0.4, -0.2) is 26.6 Å². The molecule has 0 aliphatic heterocycles. The van der Waals surface area contributed by atoms with Gasteiger partial charge in [-0.1, -0.05) is 12.1 Å². The number of hydrogen-bond acceptors (Lipinski definition) is 4. The topological polar surface area (TPSA) is 52.8 Å². The van der Waals surface area contributed by atoms with E-state index in [2.05, 4.69) is 15.0 Å². The summed E-state index contributed by atoms with van der Waals surface area (Å²) in [5, 5.41) is 0. The summed E-state index contributed by atoms with van der Waals surface area (Å²) in [5.74, 6) is 1.51. The predicted octanol–water partition coefficient (Wildman–Crippen LogP) is 2.35. The van der Waals surface area contributed by atoms with Crippen molar-refractivity contribution in [2.24, 2.45) is 7.05 Å². The monoisotopic (exact) mass is 254 g/mol. The standard InChI is InChI=1S/C14H14N4O/c1-9-4-5-10(6-12(9)19-3)13-15-7-11-14(17-13)18(2)8-16-11/h4-8H,1-3H3. The highest BCUT2D eigenvalue weighted by atomic mass is 16.5. The first-order chi connectivity index (χ1) is 9.19. The minimum Gasteiger partial charge on any atom is -0.496 e. The molecule has 0 atom stereocenters. The van der Waals surface area contributed by atoms with Gasteiger partial charge in [0.05, 0.1) is 19.6 Å². The molecule has 2 heterocycles. The van der Waals surface area contributed by atoms with Crippen LogP contribution in [0, 0.1) is 6.92 Å². The number of imidazole rings is 1. The molecule has 96 valence electrons. The summed E-state index contributed by atoms with van der Waals surface area (Å²) < 4.78 is 7.21. The fourth-order valence-electron chi connectivity index (χ4n) is 2.02. The van der Waals surface area contributed by atoms with Crippen LogP contribution in [0.1, 0.15) is 5.56 Å². The van der Waals surface area contributed by atoms with E-state index in [0.29, 0.717) is 5.82 Å². The lowest BCUT2D eigenvalue weighted by Crippen LogP contribution is -1.94. The summed E-state index contributed by atoms with van der Waals surface area (Å²) in [6.07, 6.45) is 3.48. The number of fused-ring (bicyclic) bond motifs is 1. The zero-order valence-electron chi connectivity index (χ0n) is 11.1. The molecule has 5 nitrogen and oxygen atoms in total. The normalized spacial score (nSPS) is 10.9. The van der Waals surface area contributed by atoms with Gasteiger partial charge in [0.2, 0.25) is 0 Å². The van der Waals surface area contributed by atoms with Gasteiger partial charge < -0.3 is 9.30 Å².